The molecule has 0 unspecified atom stereocenters. The maximum atomic E-state index is 13.3. The summed E-state index contributed by atoms with van der Waals surface area (Å²) in [6.07, 6.45) is 1.54. The van der Waals surface area contributed by atoms with Crippen LogP contribution < -0.4 is 10.2 Å². The molecule has 32 heavy (non-hydrogen) atoms. The first-order valence-electron chi connectivity index (χ1n) is 10.5. The van der Waals surface area contributed by atoms with E-state index >= 15 is 0 Å². The largest absolute Gasteiger partial charge is 0.416 e. The van der Waals surface area contributed by atoms with E-state index in [9.17, 15) is 18.0 Å². The van der Waals surface area contributed by atoms with E-state index < -0.39 is 17.8 Å². The highest BCUT2D eigenvalue weighted by Gasteiger charge is 2.33. The van der Waals surface area contributed by atoms with Crippen LogP contribution in [0.5, 0.6) is 0 Å². The van der Waals surface area contributed by atoms with Gasteiger partial charge in [-0.2, -0.15) is 18.3 Å². The third kappa shape index (κ3) is 4.37. The van der Waals surface area contributed by atoms with Crippen LogP contribution >= 0.6 is 0 Å². The molecule has 1 fully saturated rings. The molecule has 0 aliphatic carbocycles. The Morgan fingerprint density at radius 3 is 2.66 bits per heavy atom. The Morgan fingerprint density at radius 2 is 1.97 bits per heavy atom. The molecule has 0 spiro atoms. The van der Waals surface area contributed by atoms with Crippen LogP contribution in [-0.4, -0.2) is 34.6 Å². The second-order valence-electron chi connectivity index (χ2n) is 8.16. The highest BCUT2D eigenvalue weighted by atomic mass is 19.4. The van der Waals surface area contributed by atoms with E-state index in [0.29, 0.717) is 16.9 Å². The number of halogens is 3. The first-order chi connectivity index (χ1) is 15.3. The van der Waals surface area contributed by atoms with Crippen molar-refractivity contribution < 1.29 is 18.0 Å². The van der Waals surface area contributed by atoms with E-state index in [0.717, 1.165) is 49.4 Å². The molecule has 1 aliphatic rings. The molecule has 3 heterocycles. The van der Waals surface area contributed by atoms with Crippen molar-refractivity contribution in [1.29, 1.82) is 0 Å². The number of piperidine rings is 1. The molecule has 0 bridgehead atoms. The summed E-state index contributed by atoms with van der Waals surface area (Å²) in [6.45, 7) is 4.80. The topological polar surface area (TPSA) is 71.0 Å². The number of pyridine rings is 1. The van der Waals surface area contributed by atoms with E-state index in [4.69, 9.17) is 0 Å². The number of hydrogen-bond donors (Lipinski definition) is 1. The highest BCUT2D eigenvalue weighted by molar-refractivity contribution is 5.90. The molecule has 2 aromatic heterocycles. The van der Waals surface area contributed by atoms with Gasteiger partial charge in [0.25, 0.3) is 0 Å². The van der Waals surface area contributed by atoms with Gasteiger partial charge in [-0.05, 0) is 49.9 Å². The number of carbonyl (C=O) groups excluding carboxylic acids is 1. The lowest BCUT2D eigenvalue weighted by molar-refractivity contribution is -0.138. The summed E-state index contributed by atoms with van der Waals surface area (Å²) < 4.78 is 40.0. The van der Waals surface area contributed by atoms with E-state index in [1.165, 1.54) is 13.0 Å². The van der Waals surface area contributed by atoms with Crippen LogP contribution in [0.4, 0.5) is 24.7 Å². The Balaban J connectivity index is 1.63. The number of alkyl halides is 3. The second kappa shape index (κ2) is 8.72. The van der Waals surface area contributed by atoms with Crippen molar-refractivity contribution in [3.63, 3.8) is 0 Å². The Bertz CT molecular complexity index is 1130. The molecular formula is C23H24F3N5O. The molecule has 1 atom stereocenters. The van der Waals surface area contributed by atoms with Gasteiger partial charge in [-0.25, -0.2) is 0 Å². The number of benzene rings is 1. The molecule has 1 saturated heterocycles. The number of carbonyl (C=O) groups is 1. The zero-order valence-corrected chi connectivity index (χ0v) is 17.9. The summed E-state index contributed by atoms with van der Waals surface area (Å²) in [6, 6.07) is 5.73. The zero-order valence-electron chi connectivity index (χ0n) is 17.9. The minimum absolute atomic E-state index is 0.0966. The predicted molar refractivity (Wildman–Crippen MR) is 117 cm³/mol. The van der Waals surface area contributed by atoms with Gasteiger partial charge in [0.15, 0.2) is 5.82 Å². The molecular weight excluding hydrogens is 419 g/mol. The summed E-state index contributed by atoms with van der Waals surface area (Å²) in [5, 5.41) is 12.2. The molecule has 1 N–H and O–H groups in total. The zero-order chi connectivity index (χ0) is 22.9. The average Bonchev–Trinajstić information content (AvgIpc) is 2.78. The van der Waals surface area contributed by atoms with Gasteiger partial charge in [-0.1, -0.05) is 12.1 Å². The predicted octanol–water partition coefficient (Wildman–Crippen LogP) is 4.94. The second-order valence-corrected chi connectivity index (χ2v) is 8.16. The molecule has 9 heteroatoms. The lowest BCUT2D eigenvalue weighted by Crippen LogP contribution is -2.34. The summed E-state index contributed by atoms with van der Waals surface area (Å²) >= 11 is 0. The maximum absolute atomic E-state index is 13.3. The number of nitrogens with zero attached hydrogens (tertiary/aromatic N) is 4. The van der Waals surface area contributed by atoms with Gasteiger partial charge in [0.2, 0.25) is 0 Å². The van der Waals surface area contributed by atoms with Gasteiger partial charge in [0.05, 0.1) is 35.2 Å². The highest BCUT2D eigenvalue weighted by Crippen LogP contribution is 2.35. The first kappa shape index (κ1) is 22.0. The van der Waals surface area contributed by atoms with Crippen LogP contribution in [0.15, 0.2) is 36.7 Å². The molecule has 0 amide bonds. The SMILES string of the molecule is Cc1c([C@@H](C)Nc2nncc3ncc(N4CCC(C=O)CC4)cc23)cccc1C(F)(F)F. The van der Waals surface area contributed by atoms with Crippen LogP contribution in [-0.2, 0) is 11.0 Å². The van der Waals surface area contributed by atoms with Crippen LogP contribution in [0.3, 0.4) is 0 Å². The van der Waals surface area contributed by atoms with E-state index in [1.807, 2.05) is 6.07 Å². The molecule has 0 saturated carbocycles. The van der Waals surface area contributed by atoms with Gasteiger partial charge >= 0.3 is 6.18 Å². The fourth-order valence-electron chi connectivity index (χ4n) is 4.24. The minimum atomic E-state index is -4.41. The smallest absolute Gasteiger partial charge is 0.370 e. The van der Waals surface area contributed by atoms with Crippen LogP contribution in [0.2, 0.25) is 0 Å². The molecule has 1 aromatic carbocycles. The summed E-state index contributed by atoms with van der Waals surface area (Å²) in [5.74, 6) is 0.559. The number of aromatic nitrogens is 3. The van der Waals surface area contributed by atoms with Crippen LogP contribution in [0.25, 0.3) is 10.9 Å². The Kier molecular flexibility index (Phi) is 5.99. The van der Waals surface area contributed by atoms with Crippen LogP contribution in [0.1, 0.15) is 42.5 Å². The first-order valence-corrected chi connectivity index (χ1v) is 10.5. The standard InChI is InChI=1S/C23H24F3N5O/c1-14-18(4-3-5-20(14)23(24,25)26)15(2)29-22-19-10-17(11-27-21(19)12-28-30-22)31-8-6-16(13-32)7-9-31/h3-5,10-13,15-16H,6-9H2,1-2H3,(H,29,30)/t15-/m1/s1. The number of fused-ring (bicyclic) bond motifs is 1. The van der Waals surface area contributed by atoms with Crippen molar-refractivity contribution in [3.05, 3.63) is 53.3 Å². The fourth-order valence-corrected chi connectivity index (χ4v) is 4.24. The fraction of sp³-hybridized carbons (Fsp3) is 0.391. The number of nitrogens with one attached hydrogen (secondary N) is 1. The maximum Gasteiger partial charge on any atom is 0.416 e. The average molecular weight is 443 g/mol. The van der Waals surface area contributed by atoms with E-state index in [2.05, 4.69) is 25.4 Å². The van der Waals surface area contributed by atoms with Gasteiger partial charge in [0, 0.05) is 24.4 Å². The summed E-state index contributed by atoms with van der Waals surface area (Å²) in [5.41, 5.74) is 1.64. The van der Waals surface area contributed by atoms with Crippen molar-refractivity contribution >= 4 is 28.7 Å². The minimum Gasteiger partial charge on any atom is -0.370 e. The van der Waals surface area contributed by atoms with E-state index in [-0.39, 0.29) is 11.5 Å². The van der Waals surface area contributed by atoms with E-state index in [1.54, 1.807) is 25.4 Å². The monoisotopic (exact) mass is 443 g/mol. The summed E-state index contributed by atoms with van der Waals surface area (Å²) in [4.78, 5) is 17.7. The lowest BCUT2D eigenvalue weighted by atomic mass is 9.97. The van der Waals surface area contributed by atoms with Crippen molar-refractivity contribution in [2.45, 2.75) is 38.9 Å². The Morgan fingerprint density at radius 1 is 1.22 bits per heavy atom. The molecule has 168 valence electrons. The number of hydrogen-bond acceptors (Lipinski definition) is 6. The molecule has 3 aromatic rings. The third-order valence-electron chi connectivity index (χ3n) is 6.09. The Hall–Kier alpha value is -3.23. The molecule has 1 aliphatic heterocycles. The van der Waals surface area contributed by atoms with Crippen LogP contribution in [0, 0.1) is 12.8 Å². The quantitative estimate of drug-likeness (QED) is 0.563. The lowest BCUT2D eigenvalue weighted by Gasteiger charge is -2.31. The van der Waals surface area contributed by atoms with Gasteiger partial charge in [0.1, 0.15) is 6.29 Å². The van der Waals surface area contributed by atoms with Crippen molar-refractivity contribution in [1.82, 2.24) is 15.2 Å². The van der Waals surface area contributed by atoms with Crippen molar-refractivity contribution in [3.8, 4) is 0 Å². The van der Waals surface area contributed by atoms with Gasteiger partial charge in [-0.3, -0.25) is 4.98 Å². The van der Waals surface area contributed by atoms with Crippen molar-refractivity contribution in [2.75, 3.05) is 23.3 Å². The third-order valence-corrected chi connectivity index (χ3v) is 6.09. The molecule has 0 radical (unpaired) electrons. The Labute approximate surface area is 183 Å². The number of aldehydes is 1. The number of rotatable bonds is 5. The molecule has 4 rings (SSSR count). The van der Waals surface area contributed by atoms with Crippen molar-refractivity contribution in [2.24, 2.45) is 5.92 Å². The van der Waals surface area contributed by atoms with Gasteiger partial charge in [-0.15, -0.1) is 5.10 Å². The summed E-state index contributed by atoms with van der Waals surface area (Å²) in [7, 11) is 0. The van der Waals surface area contributed by atoms with Gasteiger partial charge < -0.3 is 15.0 Å². The molecule has 6 nitrogen and oxygen atoms in total. The normalized spacial score (nSPS) is 16.2. The number of anilines is 2.